The number of fused-ring (bicyclic) bond motifs is 1. The number of hydrogen-bond acceptors (Lipinski definition) is 7. The van der Waals surface area contributed by atoms with Crippen molar-refractivity contribution in [1.29, 1.82) is 0 Å². The minimum atomic E-state index is -0.314. The molecule has 0 amide bonds. The van der Waals surface area contributed by atoms with Crippen molar-refractivity contribution in [2.24, 2.45) is 0 Å². The number of anilines is 2. The van der Waals surface area contributed by atoms with E-state index >= 15 is 0 Å². The molecule has 1 saturated heterocycles. The summed E-state index contributed by atoms with van der Waals surface area (Å²) in [6, 6.07) is 6.48. The van der Waals surface area contributed by atoms with Crippen molar-refractivity contribution in [3.63, 3.8) is 0 Å². The predicted molar refractivity (Wildman–Crippen MR) is 114 cm³/mol. The highest BCUT2D eigenvalue weighted by Crippen LogP contribution is 2.36. The number of carbonyl (C=O) groups is 1. The number of benzene rings is 1. The number of thiophene rings is 1. The Balaban J connectivity index is 1.61. The number of carbonyl (C=O) groups excluding carboxylic acids is 1. The van der Waals surface area contributed by atoms with Crippen LogP contribution in [0, 0.1) is 20.8 Å². The molecule has 1 aliphatic heterocycles. The molecule has 0 saturated carbocycles. The number of hydrogen-bond donors (Lipinski definition) is 0. The van der Waals surface area contributed by atoms with E-state index in [1.807, 2.05) is 6.92 Å². The smallest absolute Gasteiger partial charge is 0.348 e. The summed E-state index contributed by atoms with van der Waals surface area (Å²) in [5.41, 5.74) is 4.88. The molecule has 1 fully saturated rings. The SMILES string of the molecule is COC(=O)c1sc2ncnc(N3CCN(c4cccc(C)c4C)CC3)c2c1C. The van der Waals surface area contributed by atoms with Crippen LogP contribution >= 0.6 is 11.3 Å². The summed E-state index contributed by atoms with van der Waals surface area (Å²) in [6.45, 7) is 9.92. The maximum atomic E-state index is 12.1. The van der Waals surface area contributed by atoms with Gasteiger partial charge in [0, 0.05) is 31.9 Å². The van der Waals surface area contributed by atoms with Gasteiger partial charge in [-0.2, -0.15) is 0 Å². The molecule has 1 aromatic carbocycles. The first-order valence-corrected chi connectivity index (χ1v) is 10.2. The van der Waals surface area contributed by atoms with Gasteiger partial charge in [-0.3, -0.25) is 0 Å². The van der Waals surface area contributed by atoms with E-state index in [1.165, 1.54) is 35.3 Å². The van der Waals surface area contributed by atoms with Crippen LogP contribution in [0.25, 0.3) is 10.2 Å². The second-order valence-electron chi connectivity index (χ2n) is 7.12. The Morgan fingerprint density at radius 2 is 1.75 bits per heavy atom. The van der Waals surface area contributed by atoms with Gasteiger partial charge in [0.05, 0.1) is 12.5 Å². The fraction of sp³-hybridized carbons (Fsp3) is 0.381. The van der Waals surface area contributed by atoms with Crippen LogP contribution in [-0.4, -0.2) is 49.2 Å². The van der Waals surface area contributed by atoms with Crippen LogP contribution in [0.4, 0.5) is 11.5 Å². The minimum absolute atomic E-state index is 0.314. The maximum Gasteiger partial charge on any atom is 0.348 e. The Morgan fingerprint density at radius 1 is 1.04 bits per heavy atom. The molecule has 7 heteroatoms. The Morgan fingerprint density at radius 3 is 2.46 bits per heavy atom. The van der Waals surface area contributed by atoms with Gasteiger partial charge in [-0.15, -0.1) is 11.3 Å². The van der Waals surface area contributed by atoms with Crippen LogP contribution < -0.4 is 9.80 Å². The molecule has 28 heavy (non-hydrogen) atoms. The molecule has 0 spiro atoms. The fourth-order valence-corrected chi connectivity index (χ4v) is 4.88. The predicted octanol–water partition coefficient (Wildman–Crippen LogP) is 3.73. The van der Waals surface area contributed by atoms with E-state index in [0.717, 1.165) is 47.8 Å². The molecule has 4 rings (SSSR count). The summed E-state index contributed by atoms with van der Waals surface area (Å²) in [7, 11) is 1.41. The quantitative estimate of drug-likeness (QED) is 0.629. The molecule has 3 heterocycles. The third-order valence-electron chi connectivity index (χ3n) is 5.57. The molecule has 3 aromatic rings. The summed E-state index contributed by atoms with van der Waals surface area (Å²) < 4.78 is 4.92. The summed E-state index contributed by atoms with van der Waals surface area (Å²) in [6.07, 6.45) is 1.59. The maximum absolute atomic E-state index is 12.1. The number of rotatable bonds is 3. The topological polar surface area (TPSA) is 58.6 Å². The molecule has 0 atom stereocenters. The summed E-state index contributed by atoms with van der Waals surface area (Å²) in [5.74, 6) is 0.598. The zero-order valence-corrected chi connectivity index (χ0v) is 17.5. The Hall–Kier alpha value is -2.67. The average Bonchev–Trinajstić information content (AvgIpc) is 3.06. The second-order valence-corrected chi connectivity index (χ2v) is 8.12. The molecule has 0 radical (unpaired) electrons. The number of methoxy groups -OCH3 is 1. The number of aromatic nitrogens is 2. The second kappa shape index (κ2) is 7.39. The van der Waals surface area contributed by atoms with Crippen molar-refractivity contribution in [2.75, 3.05) is 43.1 Å². The molecule has 0 bridgehead atoms. The highest BCUT2D eigenvalue weighted by atomic mass is 32.1. The molecule has 0 unspecified atom stereocenters. The van der Waals surface area contributed by atoms with E-state index < -0.39 is 0 Å². The van der Waals surface area contributed by atoms with Crippen LogP contribution in [-0.2, 0) is 4.74 Å². The molecule has 0 aliphatic carbocycles. The van der Waals surface area contributed by atoms with Gasteiger partial charge < -0.3 is 14.5 Å². The molecule has 0 N–H and O–H groups in total. The van der Waals surface area contributed by atoms with Crippen molar-refractivity contribution < 1.29 is 9.53 Å². The molecule has 1 aliphatic rings. The number of esters is 1. The average molecular weight is 397 g/mol. The Labute approximate surface area is 168 Å². The monoisotopic (exact) mass is 396 g/mol. The highest BCUT2D eigenvalue weighted by molar-refractivity contribution is 7.20. The van der Waals surface area contributed by atoms with Gasteiger partial charge in [-0.1, -0.05) is 12.1 Å². The number of piperazine rings is 1. The van der Waals surface area contributed by atoms with E-state index in [-0.39, 0.29) is 5.97 Å². The molecular formula is C21H24N4O2S. The molecule has 6 nitrogen and oxygen atoms in total. The first-order valence-electron chi connectivity index (χ1n) is 9.39. The van der Waals surface area contributed by atoms with E-state index in [4.69, 9.17) is 4.74 Å². The van der Waals surface area contributed by atoms with Crippen LogP contribution in [0.15, 0.2) is 24.5 Å². The Bertz CT molecular complexity index is 1040. The van der Waals surface area contributed by atoms with Gasteiger partial charge in [0.1, 0.15) is 21.9 Å². The third kappa shape index (κ3) is 3.09. The van der Waals surface area contributed by atoms with Crippen LogP contribution in [0.3, 0.4) is 0 Å². The minimum Gasteiger partial charge on any atom is -0.465 e. The van der Waals surface area contributed by atoms with E-state index in [9.17, 15) is 4.79 Å². The summed E-state index contributed by atoms with van der Waals surface area (Å²) in [5, 5.41) is 0.966. The van der Waals surface area contributed by atoms with Crippen molar-refractivity contribution in [3.8, 4) is 0 Å². The number of nitrogens with zero attached hydrogens (tertiary/aromatic N) is 4. The first kappa shape index (κ1) is 18.7. The number of ether oxygens (including phenoxy) is 1. The lowest BCUT2D eigenvalue weighted by Gasteiger charge is -2.37. The Kier molecular flexibility index (Phi) is 4.93. The van der Waals surface area contributed by atoms with Crippen LogP contribution in [0.2, 0.25) is 0 Å². The fourth-order valence-electron chi connectivity index (χ4n) is 3.82. The van der Waals surface area contributed by atoms with Crippen molar-refractivity contribution in [1.82, 2.24) is 9.97 Å². The van der Waals surface area contributed by atoms with Gasteiger partial charge in [-0.05, 0) is 43.5 Å². The van der Waals surface area contributed by atoms with Gasteiger partial charge in [0.15, 0.2) is 0 Å². The standard InChI is InChI=1S/C21H24N4O2S/c1-13-6-5-7-16(14(13)2)24-8-10-25(11-9-24)19-17-15(3)18(21(26)27-4)28-20(17)23-12-22-19/h5-7,12H,8-11H2,1-4H3. The van der Waals surface area contributed by atoms with E-state index in [1.54, 1.807) is 6.33 Å². The van der Waals surface area contributed by atoms with E-state index in [2.05, 4.69) is 51.8 Å². The van der Waals surface area contributed by atoms with Gasteiger partial charge in [0.25, 0.3) is 0 Å². The van der Waals surface area contributed by atoms with Gasteiger partial charge in [0.2, 0.25) is 0 Å². The summed E-state index contributed by atoms with van der Waals surface area (Å²) >= 11 is 1.37. The lowest BCUT2D eigenvalue weighted by molar-refractivity contribution is 0.0605. The van der Waals surface area contributed by atoms with Gasteiger partial charge in [-0.25, -0.2) is 14.8 Å². The lowest BCUT2D eigenvalue weighted by Crippen LogP contribution is -2.47. The zero-order valence-electron chi connectivity index (χ0n) is 16.7. The zero-order chi connectivity index (χ0) is 19.8. The summed E-state index contributed by atoms with van der Waals surface area (Å²) in [4.78, 5) is 27.2. The van der Waals surface area contributed by atoms with Gasteiger partial charge >= 0.3 is 5.97 Å². The normalized spacial score (nSPS) is 14.6. The lowest BCUT2D eigenvalue weighted by atomic mass is 10.1. The number of aryl methyl sites for hydroxylation is 2. The van der Waals surface area contributed by atoms with Crippen molar-refractivity contribution in [2.45, 2.75) is 20.8 Å². The molecular weight excluding hydrogens is 372 g/mol. The van der Waals surface area contributed by atoms with Crippen molar-refractivity contribution >= 4 is 39.0 Å². The first-order chi connectivity index (χ1) is 13.5. The molecule has 2 aromatic heterocycles. The van der Waals surface area contributed by atoms with E-state index in [0.29, 0.717) is 4.88 Å². The molecule has 146 valence electrons. The largest absolute Gasteiger partial charge is 0.465 e. The third-order valence-corrected chi connectivity index (χ3v) is 6.75. The highest BCUT2D eigenvalue weighted by Gasteiger charge is 2.25. The van der Waals surface area contributed by atoms with Crippen LogP contribution in [0.5, 0.6) is 0 Å². The van der Waals surface area contributed by atoms with Crippen LogP contribution in [0.1, 0.15) is 26.4 Å². The van der Waals surface area contributed by atoms with Crippen molar-refractivity contribution in [3.05, 3.63) is 46.1 Å².